The molecular formula is C13H18F3N3. The molecule has 6 heteroatoms. The lowest BCUT2D eigenvalue weighted by Crippen LogP contribution is -2.33. The average molecular weight is 273 g/mol. The van der Waals surface area contributed by atoms with Crippen molar-refractivity contribution in [2.24, 2.45) is 0 Å². The summed E-state index contributed by atoms with van der Waals surface area (Å²) in [5, 5.41) is 3.32. The molecule has 0 saturated carbocycles. The molecule has 0 radical (unpaired) electrons. The summed E-state index contributed by atoms with van der Waals surface area (Å²) in [5.74, 6) is 0.597. The quantitative estimate of drug-likeness (QED) is 0.898. The molecule has 1 fully saturated rings. The number of rotatable bonds is 2. The molecule has 2 rings (SSSR count). The zero-order valence-electron chi connectivity index (χ0n) is 10.9. The van der Waals surface area contributed by atoms with Crippen LogP contribution in [0.2, 0.25) is 0 Å². The van der Waals surface area contributed by atoms with Gasteiger partial charge in [-0.25, -0.2) is 4.98 Å². The van der Waals surface area contributed by atoms with Crippen LogP contribution >= 0.6 is 0 Å². The van der Waals surface area contributed by atoms with Crippen LogP contribution < -0.4 is 10.2 Å². The maximum atomic E-state index is 12.5. The first-order chi connectivity index (χ1) is 8.98. The second-order valence-corrected chi connectivity index (χ2v) is 4.85. The molecule has 1 N–H and O–H groups in total. The van der Waals surface area contributed by atoms with Crippen LogP contribution in [-0.2, 0) is 6.18 Å². The fourth-order valence-electron chi connectivity index (χ4n) is 2.34. The van der Waals surface area contributed by atoms with E-state index in [2.05, 4.69) is 10.3 Å². The number of halogens is 3. The summed E-state index contributed by atoms with van der Waals surface area (Å²) in [4.78, 5) is 5.92. The second-order valence-electron chi connectivity index (χ2n) is 4.85. The normalized spacial score (nSPS) is 20.9. The van der Waals surface area contributed by atoms with Gasteiger partial charge in [0.2, 0.25) is 0 Å². The van der Waals surface area contributed by atoms with Crippen LogP contribution in [0.25, 0.3) is 0 Å². The number of aromatic nitrogens is 1. The monoisotopic (exact) mass is 273 g/mol. The number of pyridine rings is 1. The predicted molar refractivity (Wildman–Crippen MR) is 68.2 cm³/mol. The molecule has 0 aliphatic carbocycles. The summed E-state index contributed by atoms with van der Waals surface area (Å²) < 4.78 is 37.4. The van der Waals surface area contributed by atoms with Gasteiger partial charge in [-0.2, -0.15) is 13.2 Å². The zero-order chi connectivity index (χ0) is 13.9. The highest BCUT2D eigenvalue weighted by Crippen LogP contribution is 2.29. The Balaban J connectivity index is 2.08. The summed E-state index contributed by atoms with van der Waals surface area (Å²) in [6.07, 6.45) is -0.321. The third kappa shape index (κ3) is 3.59. The SMILES string of the molecule is CN(c1ccc(C(F)(F)F)cn1)C1CCCNCC1. The third-order valence-electron chi connectivity index (χ3n) is 3.53. The van der Waals surface area contributed by atoms with E-state index >= 15 is 0 Å². The fraction of sp³-hybridized carbons (Fsp3) is 0.615. The molecule has 106 valence electrons. The Labute approximate surface area is 110 Å². The van der Waals surface area contributed by atoms with Crippen LogP contribution in [0.4, 0.5) is 19.0 Å². The van der Waals surface area contributed by atoms with Gasteiger partial charge in [-0.05, 0) is 44.5 Å². The first-order valence-corrected chi connectivity index (χ1v) is 6.45. The van der Waals surface area contributed by atoms with E-state index in [4.69, 9.17) is 0 Å². The van der Waals surface area contributed by atoms with E-state index < -0.39 is 11.7 Å². The van der Waals surface area contributed by atoms with Gasteiger partial charge in [0.05, 0.1) is 5.56 Å². The number of anilines is 1. The van der Waals surface area contributed by atoms with Crippen molar-refractivity contribution in [1.29, 1.82) is 0 Å². The van der Waals surface area contributed by atoms with Crippen LogP contribution in [-0.4, -0.2) is 31.2 Å². The van der Waals surface area contributed by atoms with Crippen LogP contribution in [0, 0.1) is 0 Å². The van der Waals surface area contributed by atoms with E-state index in [0.29, 0.717) is 11.9 Å². The van der Waals surface area contributed by atoms with E-state index in [-0.39, 0.29) is 0 Å². The number of alkyl halides is 3. The summed E-state index contributed by atoms with van der Waals surface area (Å²) in [5.41, 5.74) is -0.702. The highest BCUT2D eigenvalue weighted by Gasteiger charge is 2.31. The van der Waals surface area contributed by atoms with Gasteiger partial charge in [0, 0.05) is 19.3 Å². The van der Waals surface area contributed by atoms with E-state index in [1.165, 1.54) is 6.07 Å². The molecule has 1 aliphatic heterocycles. The van der Waals surface area contributed by atoms with Gasteiger partial charge in [0.25, 0.3) is 0 Å². The lowest BCUT2D eigenvalue weighted by molar-refractivity contribution is -0.137. The van der Waals surface area contributed by atoms with E-state index in [1.807, 2.05) is 11.9 Å². The van der Waals surface area contributed by atoms with Crippen molar-refractivity contribution in [3.05, 3.63) is 23.9 Å². The predicted octanol–water partition coefficient (Wildman–Crippen LogP) is 2.68. The Morgan fingerprint density at radius 3 is 2.68 bits per heavy atom. The van der Waals surface area contributed by atoms with Gasteiger partial charge < -0.3 is 10.2 Å². The largest absolute Gasteiger partial charge is 0.417 e. The molecule has 2 heterocycles. The lowest BCUT2D eigenvalue weighted by Gasteiger charge is -2.28. The van der Waals surface area contributed by atoms with Crippen molar-refractivity contribution >= 4 is 5.82 Å². The molecule has 0 amide bonds. The van der Waals surface area contributed by atoms with Crippen LogP contribution in [0.15, 0.2) is 18.3 Å². The molecule has 1 unspecified atom stereocenters. The Morgan fingerprint density at radius 2 is 2.05 bits per heavy atom. The molecule has 19 heavy (non-hydrogen) atoms. The van der Waals surface area contributed by atoms with Crippen molar-refractivity contribution in [3.63, 3.8) is 0 Å². The number of nitrogens with one attached hydrogen (secondary N) is 1. The molecular weight excluding hydrogens is 255 g/mol. The Kier molecular flexibility index (Phi) is 4.29. The van der Waals surface area contributed by atoms with Crippen molar-refractivity contribution in [3.8, 4) is 0 Å². The van der Waals surface area contributed by atoms with Crippen molar-refractivity contribution in [1.82, 2.24) is 10.3 Å². The highest BCUT2D eigenvalue weighted by atomic mass is 19.4. The Hall–Kier alpha value is -1.30. The van der Waals surface area contributed by atoms with Crippen LogP contribution in [0.3, 0.4) is 0 Å². The van der Waals surface area contributed by atoms with Gasteiger partial charge in [-0.1, -0.05) is 0 Å². The summed E-state index contributed by atoms with van der Waals surface area (Å²) >= 11 is 0. The lowest BCUT2D eigenvalue weighted by atomic mass is 10.1. The molecule has 0 bridgehead atoms. The van der Waals surface area contributed by atoms with Crippen LogP contribution in [0.1, 0.15) is 24.8 Å². The maximum Gasteiger partial charge on any atom is 0.417 e. The minimum atomic E-state index is -4.32. The molecule has 1 aromatic rings. The van der Waals surface area contributed by atoms with Crippen LogP contribution in [0.5, 0.6) is 0 Å². The van der Waals surface area contributed by atoms with Crippen molar-refractivity contribution in [2.75, 3.05) is 25.0 Å². The fourth-order valence-corrected chi connectivity index (χ4v) is 2.34. The highest BCUT2D eigenvalue weighted by molar-refractivity contribution is 5.40. The Morgan fingerprint density at radius 1 is 1.26 bits per heavy atom. The average Bonchev–Trinajstić information content (AvgIpc) is 2.66. The first-order valence-electron chi connectivity index (χ1n) is 6.45. The van der Waals surface area contributed by atoms with Gasteiger partial charge in [0.15, 0.2) is 0 Å². The smallest absolute Gasteiger partial charge is 0.357 e. The summed E-state index contributed by atoms with van der Waals surface area (Å²) in [6, 6.07) is 2.87. The summed E-state index contributed by atoms with van der Waals surface area (Å²) in [7, 11) is 1.89. The van der Waals surface area contributed by atoms with E-state index in [9.17, 15) is 13.2 Å². The molecule has 1 saturated heterocycles. The third-order valence-corrected chi connectivity index (χ3v) is 3.53. The second kappa shape index (κ2) is 5.77. The topological polar surface area (TPSA) is 28.2 Å². The zero-order valence-corrected chi connectivity index (χ0v) is 10.9. The first kappa shape index (κ1) is 14.1. The van der Waals surface area contributed by atoms with Gasteiger partial charge in [-0.3, -0.25) is 0 Å². The van der Waals surface area contributed by atoms with Crippen molar-refractivity contribution in [2.45, 2.75) is 31.5 Å². The molecule has 1 aromatic heterocycles. The molecule has 3 nitrogen and oxygen atoms in total. The van der Waals surface area contributed by atoms with Gasteiger partial charge >= 0.3 is 6.18 Å². The number of nitrogens with zero attached hydrogens (tertiary/aromatic N) is 2. The molecule has 0 spiro atoms. The van der Waals surface area contributed by atoms with E-state index in [0.717, 1.165) is 44.6 Å². The maximum absolute atomic E-state index is 12.5. The minimum Gasteiger partial charge on any atom is -0.357 e. The molecule has 1 atom stereocenters. The van der Waals surface area contributed by atoms with Crippen molar-refractivity contribution < 1.29 is 13.2 Å². The Bertz CT molecular complexity index is 395. The minimum absolute atomic E-state index is 0.333. The standard InChI is InChI=1S/C13H18F3N3/c1-19(11-3-2-7-17-8-6-11)12-5-4-10(9-18-12)13(14,15)16/h4-5,9,11,17H,2-3,6-8H2,1H3. The molecule has 1 aliphatic rings. The number of hydrogen-bond donors (Lipinski definition) is 1. The van der Waals surface area contributed by atoms with E-state index in [1.54, 1.807) is 0 Å². The number of hydrogen-bond acceptors (Lipinski definition) is 3. The van der Waals surface area contributed by atoms with Gasteiger partial charge in [0.1, 0.15) is 5.82 Å². The van der Waals surface area contributed by atoms with Gasteiger partial charge in [-0.15, -0.1) is 0 Å². The summed E-state index contributed by atoms with van der Waals surface area (Å²) in [6.45, 7) is 1.94. The molecule has 0 aromatic carbocycles.